The first-order valence-corrected chi connectivity index (χ1v) is 19.2. The zero-order valence-corrected chi connectivity index (χ0v) is 31.2. The lowest BCUT2D eigenvalue weighted by Gasteiger charge is -2.43. The number of rotatable bonds is 20. The lowest BCUT2D eigenvalue weighted by Crippen LogP contribution is -2.66. The second kappa shape index (κ2) is 19.1. The van der Waals surface area contributed by atoms with E-state index in [0.29, 0.717) is 42.3 Å². The molecule has 0 aliphatic heterocycles. The lowest BCUT2D eigenvalue weighted by molar-refractivity contribution is -0.0436. The average Bonchev–Trinajstić information content (AvgIpc) is 2.93. The lowest BCUT2D eigenvalue weighted by atomic mass is 9.85. The molecule has 2 aromatic carbocycles. The maximum absolute atomic E-state index is 7.24. The fraction of sp³-hybridized carbons (Fsp3) is 0.650. The third-order valence-corrected chi connectivity index (χ3v) is 14.0. The number of ether oxygens (including phenoxy) is 2. The molecule has 6 atom stereocenters. The van der Waals surface area contributed by atoms with Crippen LogP contribution in [0.2, 0.25) is 5.04 Å². The molecule has 0 aliphatic carbocycles. The molecular formula is C40H66O3Si. The molecule has 0 unspecified atom stereocenters. The molecule has 0 aliphatic rings. The summed E-state index contributed by atoms with van der Waals surface area (Å²) >= 11 is 0. The minimum absolute atomic E-state index is 0.0189. The zero-order chi connectivity index (χ0) is 32.8. The second-order valence-electron chi connectivity index (χ2n) is 15.4. The summed E-state index contributed by atoms with van der Waals surface area (Å²) in [5.41, 5.74) is 1.55. The summed E-state index contributed by atoms with van der Waals surface area (Å²) in [4.78, 5) is 0. The Labute approximate surface area is 273 Å². The maximum atomic E-state index is 7.24. The first-order chi connectivity index (χ1) is 20.8. The number of allylic oxidation sites excluding steroid dienone is 2. The van der Waals surface area contributed by atoms with Crippen molar-refractivity contribution in [2.24, 2.45) is 35.5 Å². The van der Waals surface area contributed by atoms with Crippen LogP contribution < -0.4 is 10.4 Å². The van der Waals surface area contributed by atoms with E-state index >= 15 is 0 Å². The molecule has 0 amide bonds. The molecule has 0 spiro atoms. The Morgan fingerprint density at radius 1 is 0.682 bits per heavy atom. The van der Waals surface area contributed by atoms with Crippen LogP contribution in [0.1, 0.15) is 101 Å². The summed E-state index contributed by atoms with van der Waals surface area (Å²) in [6.45, 7) is 25.7. The molecule has 0 heterocycles. The van der Waals surface area contributed by atoms with Crippen LogP contribution in [0.15, 0.2) is 72.3 Å². The van der Waals surface area contributed by atoms with E-state index in [4.69, 9.17) is 13.9 Å². The molecule has 0 fully saturated rings. The van der Waals surface area contributed by atoms with Gasteiger partial charge in [-0.25, -0.2) is 0 Å². The van der Waals surface area contributed by atoms with Crippen molar-refractivity contribution in [1.82, 2.24) is 0 Å². The van der Waals surface area contributed by atoms with Gasteiger partial charge in [-0.2, -0.15) is 0 Å². The molecule has 4 heteroatoms. The molecule has 248 valence electrons. The Kier molecular flexibility index (Phi) is 16.7. The Balaban J connectivity index is 1.92. The van der Waals surface area contributed by atoms with Crippen LogP contribution >= 0.6 is 0 Å². The normalized spacial score (nSPS) is 17.1. The van der Waals surface area contributed by atoms with Crippen molar-refractivity contribution in [3.63, 3.8) is 0 Å². The minimum Gasteiger partial charge on any atom is -0.407 e. The van der Waals surface area contributed by atoms with Gasteiger partial charge in [-0.1, -0.05) is 135 Å². The number of benzene rings is 2. The summed E-state index contributed by atoms with van der Waals surface area (Å²) in [6.07, 6.45) is 8.62. The van der Waals surface area contributed by atoms with E-state index in [0.717, 1.165) is 13.2 Å². The van der Waals surface area contributed by atoms with Crippen molar-refractivity contribution in [2.75, 3.05) is 27.1 Å². The van der Waals surface area contributed by atoms with Crippen LogP contribution in [-0.4, -0.2) is 35.4 Å². The number of methoxy groups -OCH3 is 1. The largest absolute Gasteiger partial charge is 0.407 e. The quantitative estimate of drug-likeness (QED) is 0.0637. The molecule has 2 rings (SSSR count). The smallest absolute Gasteiger partial charge is 0.261 e. The Bertz CT molecular complexity index is 1020. The Morgan fingerprint density at radius 2 is 1.16 bits per heavy atom. The van der Waals surface area contributed by atoms with Crippen molar-refractivity contribution >= 4 is 18.7 Å². The summed E-state index contributed by atoms with van der Waals surface area (Å²) < 4.78 is 17.8. The molecule has 2 aromatic rings. The maximum Gasteiger partial charge on any atom is 0.261 e. The first-order valence-electron chi connectivity index (χ1n) is 17.3. The van der Waals surface area contributed by atoms with E-state index in [2.05, 4.69) is 136 Å². The topological polar surface area (TPSA) is 27.7 Å². The molecular weight excluding hydrogens is 557 g/mol. The minimum atomic E-state index is -2.48. The van der Waals surface area contributed by atoms with E-state index < -0.39 is 8.32 Å². The van der Waals surface area contributed by atoms with Crippen LogP contribution in [0.25, 0.3) is 0 Å². The van der Waals surface area contributed by atoms with Gasteiger partial charge in [-0.05, 0) is 89.9 Å². The Hall–Kier alpha value is -1.72. The molecule has 0 N–H and O–H groups in total. The third kappa shape index (κ3) is 12.6. The molecule has 0 saturated heterocycles. The van der Waals surface area contributed by atoms with Gasteiger partial charge < -0.3 is 13.9 Å². The van der Waals surface area contributed by atoms with E-state index in [1.807, 2.05) is 0 Å². The van der Waals surface area contributed by atoms with Crippen molar-refractivity contribution < 1.29 is 13.9 Å². The van der Waals surface area contributed by atoms with E-state index in [-0.39, 0.29) is 5.04 Å². The predicted molar refractivity (Wildman–Crippen MR) is 193 cm³/mol. The molecule has 0 radical (unpaired) electrons. The predicted octanol–water partition coefficient (Wildman–Crippen LogP) is 9.90. The fourth-order valence-corrected chi connectivity index (χ4v) is 12.3. The summed E-state index contributed by atoms with van der Waals surface area (Å²) in [5, 5.41) is 2.75. The fourth-order valence-electron chi connectivity index (χ4n) is 7.64. The van der Waals surface area contributed by atoms with Crippen LogP contribution in [-0.2, 0) is 13.9 Å². The van der Waals surface area contributed by atoms with Gasteiger partial charge in [0.1, 0.15) is 6.79 Å². The van der Waals surface area contributed by atoms with Crippen LogP contribution in [0.5, 0.6) is 0 Å². The highest BCUT2D eigenvalue weighted by molar-refractivity contribution is 6.99. The van der Waals surface area contributed by atoms with Gasteiger partial charge in [0.2, 0.25) is 0 Å². The number of hydrogen-bond donors (Lipinski definition) is 0. The average molecular weight is 623 g/mol. The highest BCUT2D eigenvalue weighted by Gasteiger charge is 2.50. The summed E-state index contributed by atoms with van der Waals surface area (Å²) in [5.74, 6) is 3.75. The number of hydrogen-bond acceptors (Lipinski definition) is 3. The van der Waals surface area contributed by atoms with E-state index in [1.165, 1.54) is 42.5 Å². The van der Waals surface area contributed by atoms with E-state index in [9.17, 15) is 0 Å². The van der Waals surface area contributed by atoms with Gasteiger partial charge >= 0.3 is 0 Å². The Morgan fingerprint density at radius 3 is 1.66 bits per heavy atom. The van der Waals surface area contributed by atoms with Gasteiger partial charge in [0, 0.05) is 13.7 Å². The van der Waals surface area contributed by atoms with Crippen molar-refractivity contribution in [2.45, 2.75) is 106 Å². The highest BCUT2D eigenvalue weighted by atomic mass is 28.4. The van der Waals surface area contributed by atoms with Crippen molar-refractivity contribution in [3.8, 4) is 0 Å². The van der Waals surface area contributed by atoms with Crippen molar-refractivity contribution in [3.05, 3.63) is 72.3 Å². The van der Waals surface area contributed by atoms with E-state index in [1.54, 1.807) is 12.7 Å². The zero-order valence-electron chi connectivity index (χ0n) is 30.2. The molecule has 0 bridgehead atoms. The van der Waals surface area contributed by atoms with Gasteiger partial charge in [0.05, 0.1) is 6.61 Å². The molecule has 0 saturated carbocycles. The summed E-state index contributed by atoms with van der Waals surface area (Å²) in [7, 11) is -0.801. The highest BCUT2D eigenvalue weighted by Crippen LogP contribution is 2.37. The van der Waals surface area contributed by atoms with Crippen molar-refractivity contribution in [1.29, 1.82) is 0 Å². The van der Waals surface area contributed by atoms with Gasteiger partial charge in [-0.3, -0.25) is 0 Å². The van der Waals surface area contributed by atoms with Gasteiger partial charge in [0.25, 0.3) is 8.32 Å². The first kappa shape index (κ1) is 38.5. The van der Waals surface area contributed by atoms with Gasteiger partial charge in [0.15, 0.2) is 0 Å². The second-order valence-corrected chi connectivity index (χ2v) is 19.7. The van der Waals surface area contributed by atoms with Crippen LogP contribution in [0.3, 0.4) is 0 Å². The van der Waals surface area contributed by atoms with Crippen LogP contribution in [0.4, 0.5) is 0 Å². The summed E-state index contributed by atoms with van der Waals surface area (Å²) in [6, 6.07) is 22.1. The molecule has 0 aromatic heterocycles. The monoisotopic (exact) mass is 622 g/mol. The third-order valence-electron chi connectivity index (χ3n) is 9.03. The molecule has 3 nitrogen and oxygen atoms in total. The van der Waals surface area contributed by atoms with Crippen LogP contribution in [0, 0.1) is 35.5 Å². The molecule has 44 heavy (non-hydrogen) atoms. The standard InChI is InChI=1S/C40H66O3Si/c1-31(22-32(2)24-34(4)26-36(6)28-42-30-41-11)23-33(3)25-35(5)27-37(7)29-43-44(40(8,9)10,38-18-14-12-15-19-38)39-20-16-13-17-21-39/h12-22,32-37H,23-30H2,1-11H3/b31-22+/t32-,33+,34-,35+,36-,37+/m0/s1. The SMILES string of the molecule is COCOC[C@@H](C)C[C@@H](C)C[C@@H](C)/C=C(\C)C[C@@H](C)C[C@@H](C)C[C@@H](C)CO[Si](c1ccccc1)(c1ccccc1)C(C)(C)C. The van der Waals surface area contributed by atoms with Gasteiger partial charge in [-0.15, -0.1) is 0 Å².